The van der Waals surface area contributed by atoms with Crippen LogP contribution in [-0.2, 0) is 11.3 Å². The largest absolute Gasteiger partial charge is 0.351 e. The van der Waals surface area contributed by atoms with Crippen LogP contribution in [0.1, 0.15) is 28.1 Å². The van der Waals surface area contributed by atoms with Crippen molar-refractivity contribution in [3.05, 3.63) is 52.5 Å². The molecule has 0 aromatic carbocycles. The number of hydrogen-bond acceptors (Lipinski definition) is 5. The lowest BCUT2D eigenvalue weighted by atomic mass is 10.2. The molecule has 0 spiro atoms. The molecule has 6 nitrogen and oxygen atoms in total. The van der Waals surface area contributed by atoms with Crippen LogP contribution in [0.15, 0.2) is 42.0 Å². The summed E-state index contributed by atoms with van der Waals surface area (Å²) in [7, 11) is 0. The Bertz CT molecular complexity index is 698. The van der Waals surface area contributed by atoms with Crippen molar-refractivity contribution in [2.75, 3.05) is 32.7 Å². The zero-order valence-electron chi connectivity index (χ0n) is 14.8. The molecule has 1 N–H and O–H groups in total. The SMILES string of the molecule is O=C(NCCCC(=O)N1CCN(Cc2cccnc2)CC1)c1cccs1. The minimum atomic E-state index is -0.0588. The second-order valence-electron chi connectivity index (χ2n) is 6.35. The number of rotatable bonds is 7. The molecule has 0 radical (unpaired) electrons. The summed E-state index contributed by atoms with van der Waals surface area (Å²) in [5, 5.41) is 4.75. The van der Waals surface area contributed by atoms with Crippen LogP contribution in [0.25, 0.3) is 0 Å². The van der Waals surface area contributed by atoms with Crippen molar-refractivity contribution in [2.24, 2.45) is 0 Å². The highest BCUT2D eigenvalue weighted by atomic mass is 32.1. The Morgan fingerprint density at radius 1 is 1.15 bits per heavy atom. The number of piperazine rings is 1. The fourth-order valence-electron chi connectivity index (χ4n) is 3.00. The number of thiophene rings is 1. The van der Waals surface area contributed by atoms with Crippen LogP contribution in [0.2, 0.25) is 0 Å². The molecule has 1 saturated heterocycles. The van der Waals surface area contributed by atoms with Crippen LogP contribution < -0.4 is 5.32 Å². The van der Waals surface area contributed by atoms with E-state index < -0.39 is 0 Å². The number of nitrogens with one attached hydrogen (secondary N) is 1. The molecule has 0 bridgehead atoms. The van der Waals surface area contributed by atoms with E-state index in [1.807, 2.05) is 28.6 Å². The summed E-state index contributed by atoms with van der Waals surface area (Å²) in [5.41, 5.74) is 1.20. The molecule has 26 heavy (non-hydrogen) atoms. The van der Waals surface area contributed by atoms with E-state index in [0.717, 1.165) is 32.7 Å². The third-order valence-corrected chi connectivity index (χ3v) is 5.32. The van der Waals surface area contributed by atoms with E-state index in [9.17, 15) is 9.59 Å². The molecule has 1 aliphatic heterocycles. The maximum atomic E-state index is 12.3. The number of aromatic nitrogens is 1. The summed E-state index contributed by atoms with van der Waals surface area (Å²) in [5.74, 6) is 0.118. The van der Waals surface area contributed by atoms with Gasteiger partial charge in [0.25, 0.3) is 5.91 Å². The Labute approximate surface area is 157 Å². The highest BCUT2D eigenvalue weighted by molar-refractivity contribution is 7.12. The topological polar surface area (TPSA) is 65.5 Å². The van der Waals surface area contributed by atoms with Gasteiger partial charge in [-0.25, -0.2) is 0 Å². The van der Waals surface area contributed by atoms with Crippen LogP contribution in [0.4, 0.5) is 0 Å². The van der Waals surface area contributed by atoms with Gasteiger partial charge in [0.2, 0.25) is 5.91 Å². The van der Waals surface area contributed by atoms with Gasteiger partial charge in [-0.1, -0.05) is 12.1 Å². The molecular formula is C19H24N4O2S. The van der Waals surface area contributed by atoms with Crippen LogP contribution in [0.3, 0.4) is 0 Å². The van der Waals surface area contributed by atoms with Gasteiger partial charge in [0.05, 0.1) is 4.88 Å². The molecule has 3 heterocycles. The lowest BCUT2D eigenvalue weighted by Gasteiger charge is -2.34. The summed E-state index contributed by atoms with van der Waals surface area (Å²) >= 11 is 1.42. The first-order valence-electron chi connectivity index (χ1n) is 8.93. The summed E-state index contributed by atoms with van der Waals surface area (Å²) < 4.78 is 0. The standard InChI is InChI=1S/C19H24N4O2S/c24-18(6-2-8-21-19(25)17-5-3-13-26-17)23-11-9-22(10-12-23)15-16-4-1-7-20-14-16/h1,3-5,7,13-14H,2,6,8-12,15H2,(H,21,25). The first kappa shape index (κ1) is 18.5. The van der Waals surface area contributed by atoms with Crippen molar-refractivity contribution in [3.8, 4) is 0 Å². The smallest absolute Gasteiger partial charge is 0.261 e. The number of carbonyl (C=O) groups excluding carboxylic acids is 2. The van der Waals surface area contributed by atoms with Gasteiger partial charge in [-0.15, -0.1) is 11.3 Å². The van der Waals surface area contributed by atoms with E-state index in [4.69, 9.17) is 0 Å². The first-order valence-corrected chi connectivity index (χ1v) is 9.81. The maximum absolute atomic E-state index is 12.3. The fraction of sp³-hybridized carbons (Fsp3) is 0.421. The lowest BCUT2D eigenvalue weighted by molar-refractivity contribution is -0.133. The number of pyridine rings is 1. The van der Waals surface area contributed by atoms with E-state index in [-0.39, 0.29) is 11.8 Å². The Balaban J connectivity index is 1.31. The van der Waals surface area contributed by atoms with E-state index >= 15 is 0 Å². The average molecular weight is 372 g/mol. The van der Waals surface area contributed by atoms with E-state index in [0.29, 0.717) is 24.3 Å². The van der Waals surface area contributed by atoms with Crippen molar-refractivity contribution in [1.82, 2.24) is 20.1 Å². The van der Waals surface area contributed by atoms with Gasteiger partial charge in [-0.05, 0) is 29.5 Å². The Morgan fingerprint density at radius 2 is 2.00 bits per heavy atom. The predicted octanol–water partition coefficient (Wildman–Crippen LogP) is 2.00. The Hall–Kier alpha value is -2.25. The summed E-state index contributed by atoms with van der Waals surface area (Å²) in [6, 6.07) is 7.69. The summed E-state index contributed by atoms with van der Waals surface area (Å²) in [6.45, 7) is 4.71. The molecule has 138 valence electrons. The van der Waals surface area contributed by atoms with Gasteiger partial charge < -0.3 is 10.2 Å². The molecule has 7 heteroatoms. The van der Waals surface area contributed by atoms with E-state index in [1.54, 1.807) is 12.3 Å². The zero-order valence-corrected chi connectivity index (χ0v) is 15.6. The van der Waals surface area contributed by atoms with Crippen LogP contribution in [0, 0.1) is 0 Å². The summed E-state index contributed by atoms with van der Waals surface area (Å²) in [4.78, 5) is 33.3. The molecule has 0 saturated carbocycles. The molecule has 2 aromatic heterocycles. The molecule has 0 aliphatic carbocycles. The fourth-order valence-corrected chi connectivity index (χ4v) is 3.64. The third-order valence-electron chi connectivity index (χ3n) is 4.45. The van der Waals surface area contributed by atoms with Crippen molar-refractivity contribution < 1.29 is 9.59 Å². The predicted molar refractivity (Wildman–Crippen MR) is 102 cm³/mol. The number of hydrogen-bond donors (Lipinski definition) is 1. The van der Waals surface area contributed by atoms with Crippen LogP contribution in [0.5, 0.6) is 0 Å². The minimum Gasteiger partial charge on any atom is -0.351 e. The zero-order chi connectivity index (χ0) is 18.2. The Morgan fingerprint density at radius 3 is 2.69 bits per heavy atom. The minimum absolute atomic E-state index is 0.0588. The Kier molecular flexibility index (Phi) is 6.74. The second kappa shape index (κ2) is 9.45. The molecule has 2 amide bonds. The van der Waals surface area contributed by atoms with E-state index in [1.165, 1.54) is 16.9 Å². The van der Waals surface area contributed by atoms with E-state index in [2.05, 4.69) is 21.3 Å². The van der Waals surface area contributed by atoms with Gasteiger partial charge in [-0.3, -0.25) is 19.5 Å². The van der Waals surface area contributed by atoms with Crippen molar-refractivity contribution in [2.45, 2.75) is 19.4 Å². The van der Waals surface area contributed by atoms with Crippen molar-refractivity contribution in [1.29, 1.82) is 0 Å². The van der Waals surface area contributed by atoms with Gasteiger partial charge >= 0.3 is 0 Å². The monoisotopic (exact) mass is 372 g/mol. The van der Waals surface area contributed by atoms with Crippen LogP contribution >= 0.6 is 11.3 Å². The molecule has 0 atom stereocenters. The van der Waals surface area contributed by atoms with Crippen LogP contribution in [-0.4, -0.2) is 59.3 Å². The maximum Gasteiger partial charge on any atom is 0.261 e. The normalized spacial score (nSPS) is 15.0. The van der Waals surface area contributed by atoms with Gasteiger partial charge in [0, 0.05) is 58.1 Å². The lowest BCUT2D eigenvalue weighted by Crippen LogP contribution is -2.48. The first-order chi connectivity index (χ1) is 12.7. The van der Waals surface area contributed by atoms with Gasteiger partial charge in [0.15, 0.2) is 0 Å². The molecule has 1 fully saturated rings. The van der Waals surface area contributed by atoms with Gasteiger partial charge in [0.1, 0.15) is 0 Å². The van der Waals surface area contributed by atoms with Gasteiger partial charge in [-0.2, -0.15) is 0 Å². The third kappa shape index (κ3) is 5.37. The highest BCUT2D eigenvalue weighted by Crippen LogP contribution is 2.10. The number of carbonyl (C=O) groups is 2. The number of amides is 2. The molecular weight excluding hydrogens is 348 g/mol. The molecule has 0 unspecified atom stereocenters. The number of nitrogens with zero attached hydrogens (tertiary/aromatic N) is 3. The molecule has 3 rings (SSSR count). The molecule has 1 aliphatic rings. The summed E-state index contributed by atoms with van der Waals surface area (Å²) in [6.07, 6.45) is 4.82. The highest BCUT2D eigenvalue weighted by Gasteiger charge is 2.20. The van der Waals surface area contributed by atoms with Crippen molar-refractivity contribution >= 4 is 23.2 Å². The molecule has 2 aromatic rings. The van der Waals surface area contributed by atoms with Crippen molar-refractivity contribution in [3.63, 3.8) is 0 Å². The average Bonchev–Trinajstić information content (AvgIpc) is 3.21. The second-order valence-corrected chi connectivity index (χ2v) is 7.30. The quantitative estimate of drug-likeness (QED) is 0.755.